The first kappa shape index (κ1) is 21.2. The highest BCUT2D eigenvalue weighted by Gasteiger charge is 2.25. The molecule has 2 rings (SSSR count). The van der Waals surface area contributed by atoms with Gasteiger partial charge in [0.2, 0.25) is 10.0 Å². The second-order valence-corrected chi connectivity index (χ2v) is 9.09. The molecule has 0 fully saturated rings. The van der Waals surface area contributed by atoms with E-state index in [-0.39, 0.29) is 15.5 Å². The van der Waals surface area contributed by atoms with Crippen molar-refractivity contribution in [2.45, 2.75) is 37.8 Å². The Labute approximate surface area is 164 Å². The van der Waals surface area contributed by atoms with Crippen LogP contribution < -0.4 is 14.8 Å². The maximum absolute atomic E-state index is 12.5. The summed E-state index contributed by atoms with van der Waals surface area (Å²) >= 11 is 6.05. The number of ether oxygens (including phenoxy) is 1. The third-order valence-electron chi connectivity index (χ3n) is 3.54. The molecule has 0 atom stereocenters. The molecule has 0 saturated carbocycles. The number of hydrogen-bond acceptors (Lipinski definition) is 4. The second kappa shape index (κ2) is 8.29. The molecule has 6 nitrogen and oxygen atoms in total. The van der Waals surface area contributed by atoms with Gasteiger partial charge in [0, 0.05) is 17.6 Å². The molecule has 0 saturated heterocycles. The van der Waals surface area contributed by atoms with E-state index in [1.165, 1.54) is 18.2 Å². The van der Waals surface area contributed by atoms with E-state index in [1.807, 2.05) is 12.1 Å². The quantitative estimate of drug-likeness (QED) is 0.764. The van der Waals surface area contributed by atoms with Crippen molar-refractivity contribution in [3.05, 3.63) is 58.6 Å². The monoisotopic (exact) mass is 410 g/mol. The molecule has 0 aliphatic carbocycles. The van der Waals surface area contributed by atoms with Crippen LogP contribution in [0.3, 0.4) is 0 Å². The van der Waals surface area contributed by atoms with Crippen LogP contribution in [-0.4, -0.2) is 27.0 Å². The summed E-state index contributed by atoms with van der Waals surface area (Å²) in [6.07, 6.45) is 0. The number of halogens is 1. The van der Waals surface area contributed by atoms with E-state index in [0.29, 0.717) is 6.54 Å². The molecule has 2 aromatic rings. The van der Waals surface area contributed by atoms with E-state index >= 15 is 0 Å². The van der Waals surface area contributed by atoms with Crippen molar-refractivity contribution < 1.29 is 17.9 Å². The van der Waals surface area contributed by atoms with Crippen LogP contribution in [0.2, 0.25) is 5.02 Å². The lowest BCUT2D eigenvalue weighted by atomic mass is 10.1. The number of carbonyl (C=O) groups is 1. The number of rotatable bonds is 6. The minimum atomic E-state index is -3.86. The van der Waals surface area contributed by atoms with Crippen LogP contribution in [0.25, 0.3) is 0 Å². The van der Waals surface area contributed by atoms with Crippen LogP contribution in [0.1, 0.15) is 36.7 Å². The number of nitrogens with one attached hydrogen (secondary N) is 2. The molecule has 0 aliphatic rings. The first-order chi connectivity index (χ1) is 12.5. The van der Waals surface area contributed by atoms with Gasteiger partial charge in [-0.2, -0.15) is 0 Å². The molecule has 2 aromatic carbocycles. The topological polar surface area (TPSA) is 84.5 Å². The van der Waals surface area contributed by atoms with Gasteiger partial charge in [-0.05, 0) is 56.7 Å². The van der Waals surface area contributed by atoms with Crippen molar-refractivity contribution in [1.29, 1.82) is 0 Å². The lowest BCUT2D eigenvalue weighted by molar-refractivity contribution is 0.0950. The van der Waals surface area contributed by atoms with Crippen LogP contribution >= 0.6 is 11.6 Å². The van der Waals surface area contributed by atoms with Crippen molar-refractivity contribution in [2.24, 2.45) is 0 Å². The van der Waals surface area contributed by atoms with E-state index < -0.39 is 21.5 Å². The predicted molar refractivity (Wildman–Crippen MR) is 106 cm³/mol. The Morgan fingerprint density at radius 2 is 1.74 bits per heavy atom. The highest BCUT2D eigenvalue weighted by molar-refractivity contribution is 7.89. The van der Waals surface area contributed by atoms with E-state index in [2.05, 4.69) is 10.0 Å². The van der Waals surface area contributed by atoms with Crippen molar-refractivity contribution in [1.82, 2.24) is 10.0 Å². The van der Waals surface area contributed by atoms with Gasteiger partial charge in [-0.15, -0.1) is 0 Å². The van der Waals surface area contributed by atoms with Gasteiger partial charge in [0.25, 0.3) is 5.91 Å². The van der Waals surface area contributed by atoms with Crippen LogP contribution in [0.4, 0.5) is 0 Å². The Hall–Kier alpha value is -2.09. The highest BCUT2D eigenvalue weighted by atomic mass is 35.5. The predicted octanol–water partition coefficient (Wildman–Crippen LogP) is 3.36. The van der Waals surface area contributed by atoms with E-state index in [9.17, 15) is 13.2 Å². The number of methoxy groups -OCH3 is 1. The average Bonchev–Trinajstić information content (AvgIpc) is 2.58. The first-order valence-electron chi connectivity index (χ1n) is 8.26. The summed E-state index contributed by atoms with van der Waals surface area (Å²) in [6.45, 7) is 5.48. The number of hydrogen-bond donors (Lipinski definition) is 2. The van der Waals surface area contributed by atoms with Gasteiger partial charge >= 0.3 is 0 Å². The van der Waals surface area contributed by atoms with Crippen molar-refractivity contribution in [3.63, 3.8) is 0 Å². The van der Waals surface area contributed by atoms with Gasteiger partial charge in [0.05, 0.1) is 12.1 Å². The van der Waals surface area contributed by atoms with E-state index in [0.717, 1.165) is 11.3 Å². The Morgan fingerprint density at radius 3 is 2.30 bits per heavy atom. The summed E-state index contributed by atoms with van der Waals surface area (Å²) < 4.78 is 32.7. The molecule has 0 aromatic heterocycles. The summed E-state index contributed by atoms with van der Waals surface area (Å²) in [5.41, 5.74) is 0.428. The third-order valence-corrected chi connectivity index (χ3v) is 5.78. The van der Waals surface area contributed by atoms with Crippen molar-refractivity contribution in [3.8, 4) is 5.75 Å². The number of carbonyl (C=O) groups excluding carboxylic acids is 1. The van der Waals surface area contributed by atoms with Crippen LogP contribution in [0, 0.1) is 0 Å². The molecular weight excluding hydrogens is 388 g/mol. The van der Waals surface area contributed by atoms with Gasteiger partial charge < -0.3 is 10.1 Å². The van der Waals surface area contributed by atoms with Crippen LogP contribution in [0.15, 0.2) is 47.4 Å². The summed E-state index contributed by atoms with van der Waals surface area (Å²) in [4.78, 5) is 12.3. The third kappa shape index (κ3) is 5.95. The fourth-order valence-corrected chi connectivity index (χ4v) is 4.28. The summed E-state index contributed by atoms with van der Waals surface area (Å²) in [7, 11) is -2.27. The van der Waals surface area contributed by atoms with Gasteiger partial charge in [-0.1, -0.05) is 23.7 Å². The number of sulfonamides is 1. The van der Waals surface area contributed by atoms with E-state index in [4.69, 9.17) is 16.3 Å². The molecule has 146 valence electrons. The molecule has 0 unspecified atom stereocenters. The van der Waals surface area contributed by atoms with E-state index in [1.54, 1.807) is 40.0 Å². The lowest BCUT2D eigenvalue weighted by Gasteiger charge is -2.21. The zero-order valence-corrected chi connectivity index (χ0v) is 17.2. The SMILES string of the molecule is COc1ccc(CNC(=O)c2ccc(Cl)c(S(=O)(=O)NC(C)(C)C)c2)cc1. The van der Waals surface area contributed by atoms with Gasteiger partial charge in [-0.3, -0.25) is 4.79 Å². The molecule has 27 heavy (non-hydrogen) atoms. The summed E-state index contributed by atoms with van der Waals surface area (Å²) in [5, 5.41) is 2.82. The molecule has 8 heteroatoms. The normalized spacial score (nSPS) is 11.9. The minimum Gasteiger partial charge on any atom is -0.497 e. The summed E-state index contributed by atoms with van der Waals surface area (Å²) in [6, 6.07) is 11.4. The van der Waals surface area contributed by atoms with Crippen LogP contribution in [-0.2, 0) is 16.6 Å². The molecule has 2 N–H and O–H groups in total. The minimum absolute atomic E-state index is 0.0541. The zero-order valence-electron chi connectivity index (χ0n) is 15.7. The first-order valence-corrected chi connectivity index (χ1v) is 10.1. The highest BCUT2D eigenvalue weighted by Crippen LogP contribution is 2.24. The molecule has 0 bridgehead atoms. The Bertz CT molecular complexity index is 920. The maximum Gasteiger partial charge on any atom is 0.251 e. The molecule has 0 radical (unpaired) electrons. The fourth-order valence-electron chi connectivity index (χ4n) is 2.34. The standard InChI is InChI=1S/C19H23ClN2O4S/c1-19(2,3)22-27(24,25)17-11-14(7-10-16(17)20)18(23)21-12-13-5-8-15(26-4)9-6-13/h5-11,22H,12H2,1-4H3,(H,21,23). The van der Waals surface area contributed by atoms with Crippen molar-refractivity contribution >= 4 is 27.5 Å². The fraction of sp³-hybridized carbons (Fsp3) is 0.316. The Kier molecular flexibility index (Phi) is 6.51. The zero-order chi connectivity index (χ0) is 20.2. The van der Waals surface area contributed by atoms with Gasteiger partial charge in [-0.25, -0.2) is 13.1 Å². The number of amides is 1. The Balaban J connectivity index is 2.17. The molecule has 0 heterocycles. The van der Waals surface area contributed by atoms with Gasteiger partial charge in [0.1, 0.15) is 10.6 Å². The largest absolute Gasteiger partial charge is 0.497 e. The molecule has 0 aliphatic heterocycles. The summed E-state index contributed by atoms with van der Waals surface area (Å²) in [5.74, 6) is 0.332. The average molecular weight is 411 g/mol. The number of benzene rings is 2. The van der Waals surface area contributed by atoms with Crippen molar-refractivity contribution in [2.75, 3.05) is 7.11 Å². The second-order valence-electron chi connectivity index (χ2n) is 7.03. The molecular formula is C19H23ClN2O4S. The Morgan fingerprint density at radius 1 is 1.11 bits per heavy atom. The van der Waals surface area contributed by atoms with Gasteiger partial charge in [0.15, 0.2) is 0 Å². The molecule has 1 amide bonds. The molecule has 0 spiro atoms. The maximum atomic E-state index is 12.5. The smallest absolute Gasteiger partial charge is 0.251 e. The lowest BCUT2D eigenvalue weighted by Crippen LogP contribution is -2.40. The van der Waals surface area contributed by atoms with Crippen LogP contribution in [0.5, 0.6) is 5.75 Å².